The first-order valence-corrected chi connectivity index (χ1v) is 15.6. The molecule has 1 N–H and O–H groups in total. The highest BCUT2D eigenvalue weighted by atomic mass is 79.9. The van der Waals surface area contributed by atoms with Crippen LogP contribution in [0.3, 0.4) is 0 Å². The topological polar surface area (TPSA) is 116 Å². The van der Waals surface area contributed by atoms with Gasteiger partial charge in [0.15, 0.2) is 11.5 Å². The number of carbonyl (C=O) groups is 1. The molecule has 44 heavy (non-hydrogen) atoms. The molecule has 0 unspecified atom stereocenters. The predicted molar refractivity (Wildman–Crippen MR) is 173 cm³/mol. The Bertz CT molecular complexity index is 1750. The van der Waals surface area contributed by atoms with Gasteiger partial charge in [-0.3, -0.25) is 9.10 Å². The van der Waals surface area contributed by atoms with Crippen molar-refractivity contribution in [1.29, 1.82) is 0 Å². The van der Waals surface area contributed by atoms with Gasteiger partial charge in [0, 0.05) is 16.7 Å². The number of nitrogens with zero attached hydrogens (tertiary/aromatic N) is 2. The number of nitrogens with one attached hydrogen (secondary N) is 1. The molecule has 0 aliphatic heterocycles. The van der Waals surface area contributed by atoms with Crippen molar-refractivity contribution in [3.63, 3.8) is 0 Å². The SMILES string of the molecule is COc1ccc(OC)c(N(CC(=O)N/N=C\c2cc(Br)c(OCc3ccccc3Cl)c(OC)c2)S(=O)(=O)c2ccccc2)c1. The fraction of sp³-hybridized carbons (Fsp3) is 0.161. The molecule has 4 aromatic carbocycles. The third kappa shape index (κ3) is 7.81. The lowest BCUT2D eigenvalue weighted by atomic mass is 10.2. The number of anilines is 1. The van der Waals surface area contributed by atoms with Crippen LogP contribution in [0, 0.1) is 0 Å². The number of sulfonamides is 1. The fourth-order valence-electron chi connectivity index (χ4n) is 4.08. The van der Waals surface area contributed by atoms with Crippen LogP contribution in [0.15, 0.2) is 99.4 Å². The fourth-order valence-corrected chi connectivity index (χ4v) is 6.28. The van der Waals surface area contributed by atoms with Crippen molar-refractivity contribution in [2.45, 2.75) is 11.5 Å². The van der Waals surface area contributed by atoms with Crippen LogP contribution >= 0.6 is 27.5 Å². The Balaban J connectivity index is 1.54. The number of hydrazone groups is 1. The molecule has 0 aliphatic carbocycles. The van der Waals surface area contributed by atoms with Crippen LogP contribution in [-0.4, -0.2) is 48.4 Å². The molecule has 4 rings (SSSR count). The second-order valence-electron chi connectivity index (χ2n) is 9.07. The van der Waals surface area contributed by atoms with Gasteiger partial charge < -0.3 is 18.9 Å². The average Bonchev–Trinajstić information content (AvgIpc) is 3.03. The van der Waals surface area contributed by atoms with Gasteiger partial charge in [-0.2, -0.15) is 5.10 Å². The minimum Gasteiger partial charge on any atom is -0.497 e. The summed E-state index contributed by atoms with van der Waals surface area (Å²) in [6.07, 6.45) is 1.39. The second-order valence-corrected chi connectivity index (χ2v) is 12.2. The van der Waals surface area contributed by atoms with Gasteiger partial charge in [0.2, 0.25) is 0 Å². The van der Waals surface area contributed by atoms with E-state index in [0.717, 1.165) is 9.87 Å². The zero-order valence-electron chi connectivity index (χ0n) is 24.0. The monoisotopic (exact) mass is 701 g/mol. The zero-order valence-corrected chi connectivity index (χ0v) is 27.1. The summed E-state index contributed by atoms with van der Waals surface area (Å²) in [5.74, 6) is 0.796. The van der Waals surface area contributed by atoms with Crippen molar-refractivity contribution in [1.82, 2.24) is 5.43 Å². The van der Waals surface area contributed by atoms with E-state index in [1.54, 1.807) is 48.5 Å². The lowest BCUT2D eigenvalue weighted by Crippen LogP contribution is -2.39. The predicted octanol–water partition coefficient (Wildman–Crippen LogP) is 6.05. The molecule has 10 nitrogen and oxygen atoms in total. The summed E-state index contributed by atoms with van der Waals surface area (Å²) in [6.45, 7) is -0.376. The molecule has 13 heteroatoms. The summed E-state index contributed by atoms with van der Waals surface area (Å²) in [5, 5.41) is 4.62. The van der Waals surface area contributed by atoms with Gasteiger partial charge in [-0.05, 0) is 64.0 Å². The van der Waals surface area contributed by atoms with E-state index in [1.165, 1.54) is 45.7 Å². The van der Waals surface area contributed by atoms with E-state index in [-0.39, 0.29) is 22.9 Å². The summed E-state index contributed by atoms with van der Waals surface area (Å²) >= 11 is 9.74. The summed E-state index contributed by atoms with van der Waals surface area (Å²) in [5.41, 5.74) is 3.90. The zero-order chi connectivity index (χ0) is 31.7. The molecule has 0 radical (unpaired) electrons. The highest BCUT2D eigenvalue weighted by molar-refractivity contribution is 9.10. The molecule has 0 atom stereocenters. The molecule has 0 heterocycles. The van der Waals surface area contributed by atoms with Crippen LogP contribution in [-0.2, 0) is 21.4 Å². The van der Waals surface area contributed by atoms with Crippen molar-refractivity contribution in [2.24, 2.45) is 5.10 Å². The van der Waals surface area contributed by atoms with E-state index in [4.69, 9.17) is 30.5 Å². The standard InChI is InChI=1S/C31H29BrClN3O7S/c1-40-23-13-14-28(41-2)27(17-23)36(44(38,39)24-10-5-4-6-11-24)19-30(37)35-34-18-21-15-25(32)31(29(16-21)42-3)43-20-22-9-7-8-12-26(22)33/h4-18H,19-20H2,1-3H3,(H,35,37)/b34-18-. The van der Waals surface area contributed by atoms with E-state index in [0.29, 0.717) is 32.3 Å². The van der Waals surface area contributed by atoms with E-state index < -0.39 is 22.5 Å². The normalized spacial score (nSPS) is 11.2. The van der Waals surface area contributed by atoms with E-state index in [2.05, 4.69) is 26.5 Å². The van der Waals surface area contributed by atoms with Crippen molar-refractivity contribution in [3.8, 4) is 23.0 Å². The molecule has 0 saturated heterocycles. The summed E-state index contributed by atoms with van der Waals surface area (Å²) in [7, 11) is 0.168. The smallest absolute Gasteiger partial charge is 0.264 e. The molecule has 0 spiro atoms. The Morgan fingerprint density at radius 3 is 2.32 bits per heavy atom. The minimum absolute atomic E-state index is 0.00466. The molecule has 0 aromatic heterocycles. The first-order valence-electron chi connectivity index (χ1n) is 13.0. The molecular weight excluding hydrogens is 674 g/mol. The highest BCUT2D eigenvalue weighted by Gasteiger charge is 2.30. The average molecular weight is 703 g/mol. The molecule has 0 bridgehead atoms. The largest absolute Gasteiger partial charge is 0.497 e. The van der Waals surface area contributed by atoms with Crippen molar-refractivity contribution in [2.75, 3.05) is 32.2 Å². The molecule has 1 amide bonds. The Kier molecular flexibility index (Phi) is 11.1. The van der Waals surface area contributed by atoms with Gasteiger partial charge in [0.05, 0.1) is 42.6 Å². The van der Waals surface area contributed by atoms with Crippen molar-refractivity contribution in [3.05, 3.63) is 106 Å². The summed E-state index contributed by atoms with van der Waals surface area (Å²) in [4.78, 5) is 13.1. The van der Waals surface area contributed by atoms with Gasteiger partial charge in [-0.25, -0.2) is 13.8 Å². The van der Waals surface area contributed by atoms with E-state index >= 15 is 0 Å². The lowest BCUT2D eigenvalue weighted by molar-refractivity contribution is -0.119. The van der Waals surface area contributed by atoms with E-state index in [1.807, 2.05) is 18.2 Å². The molecule has 0 aliphatic rings. The maximum absolute atomic E-state index is 13.7. The Morgan fingerprint density at radius 1 is 0.932 bits per heavy atom. The Hall–Kier alpha value is -4.26. The molecule has 4 aromatic rings. The number of methoxy groups -OCH3 is 3. The Labute approximate surface area is 269 Å². The van der Waals surface area contributed by atoms with Crippen LogP contribution in [0.5, 0.6) is 23.0 Å². The number of carbonyl (C=O) groups excluding carboxylic acids is 1. The van der Waals surface area contributed by atoms with Gasteiger partial charge in [-0.15, -0.1) is 0 Å². The number of hydrogen-bond donors (Lipinski definition) is 1. The molecule has 0 saturated carbocycles. The first kappa shape index (κ1) is 32.6. The van der Waals surface area contributed by atoms with Crippen LogP contribution in [0.4, 0.5) is 5.69 Å². The van der Waals surface area contributed by atoms with Crippen LogP contribution in [0.25, 0.3) is 0 Å². The summed E-state index contributed by atoms with van der Waals surface area (Å²) in [6, 6.07) is 23.2. The second kappa shape index (κ2) is 15.0. The molecule has 230 valence electrons. The van der Waals surface area contributed by atoms with Gasteiger partial charge in [-0.1, -0.05) is 48.0 Å². The third-order valence-corrected chi connectivity index (χ3v) is 8.99. The van der Waals surface area contributed by atoms with Crippen LogP contribution in [0.2, 0.25) is 5.02 Å². The first-order chi connectivity index (χ1) is 21.2. The Morgan fingerprint density at radius 2 is 1.64 bits per heavy atom. The minimum atomic E-state index is -4.19. The molecule has 0 fully saturated rings. The number of rotatable bonds is 13. The van der Waals surface area contributed by atoms with Gasteiger partial charge in [0.1, 0.15) is 24.7 Å². The maximum Gasteiger partial charge on any atom is 0.264 e. The lowest BCUT2D eigenvalue weighted by Gasteiger charge is -2.25. The van der Waals surface area contributed by atoms with Crippen molar-refractivity contribution < 1.29 is 32.2 Å². The van der Waals surface area contributed by atoms with Gasteiger partial charge in [0.25, 0.3) is 15.9 Å². The van der Waals surface area contributed by atoms with Crippen LogP contribution < -0.4 is 28.7 Å². The molecular formula is C31H29BrClN3O7S. The van der Waals surface area contributed by atoms with Gasteiger partial charge >= 0.3 is 0 Å². The quantitative estimate of drug-likeness (QED) is 0.133. The third-order valence-electron chi connectivity index (χ3n) is 6.26. The van der Waals surface area contributed by atoms with Crippen molar-refractivity contribution >= 4 is 55.4 Å². The maximum atomic E-state index is 13.7. The number of ether oxygens (including phenoxy) is 4. The van der Waals surface area contributed by atoms with E-state index in [9.17, 15) is 13.2 Å². The van der Waals surface area contributed by atoms with Crippen LogP contribution in [0.1, 0.15) is 11.1 Å². The number of halogens is 2. The number of hydrogen-bond acceptors (Lipinski definition) is 8. The number of amides is 1. The highest BCUT2D eigenvalue weighted by Crippen LogP contribution is 2.38. The summed E-state index contributed by atoms with van der Waals surface area (Å²) < 4.78 is 51.1. The number of benzene rings is 4.